The number of Topliss-reactive ketones (excluding diaryl/α,β-unsaturated/α-hetero) is 1. The van der Waals surface area contributed by atoms with Crippen molar-refractivity contribution >= 4 is 11.6 Å². The molecule has 5 aliphatic rings. The van der Waals surface area contributed by atoms with Crippen LogP contribution in [0, 0.1) is 28.6 Å². The van der Waals surface area contributed by atoms with Crippen LogP contribution < -0.4 is 0 Å². The van der Waals surface area contributed by atoms with Gasteiger partial charge < -0.3 is 9.47 Å². The molecule has 0 spiro atoms. The molecular weight excluding hydrogens is 352 g/mol. The zero-order valence-corrected chi connectivity index (χ0v) is 17.4. The van der Waals surface area contributed by atoms with Gasteiger partial charge in [-0.2, -0.15) is 0 Å². The van der Waals surface area contributed by atoms with Crippen molar-refractivity contribution in [2.75, 3.05) is 6.61 Å². The fourth-order valence-corrected chi connectivity index (χ4v) is 7.29. The highest BCUT2D eigenvalue weighted by molar-refractivity contribution is 5.96. The Morgan fingerprint density at radius 1 is 1.00 bits per heavy atom. The van der Waals surface area contributed by atoms with Gasteiger partial charge in [0, 0.05) is 24.4 Å². The van der Waals surface area contributed by atoms with Crippen LogP contribution in [0.3, 0.4) is 0 Å². The molecule has 1 heterocycles. The lowest BCUT2D eigenvalue weighted by Gasteiger charge is -2.56. The molecule has 0 radical (unpaired) electrons. The lowest BCUT2D eigenvalue weighted by atomic mass is 9.48. The molecule has 1 aliphatic heterocycles. The maximum absolute atomic E-state index is 13.3. The summed E-state index contributed by atoms with van der Waals surface area (Å²) in [6.45, 7) is 5.32. The first-order valence-electron chi connectivity index (χ1n) is 11.5. The van der Waals surface area contributed by atoms with E-state index in [1.807, 2.05) is 6.08 Å². The van der Waals surface area contributed by atoms with Gasteiger partial charge in [-0.15, -0.1) is 0 Å². The molecule has 1 saturated heterocycles. The van der Waals surface area contributed by atoms with Crippen LogP contribution in [-0.4, -0.2) is 30.6 Å². The predicted octanol–water partition coefficient (Wildman–Crippen LogP) is 4.61. The van der Waals surface area contributed by atoms with Crippen LogP contribution in [0.2, 0.25) is 0 Å². The largest absolute Gasteiger partial charge is 0.353 e. The van der Waals surface area contributed by atoms with E-state index < -0.39 is 0 Å². The van der Waals surface area contributed by atoms with Crippen LogP contribution in [0.4, 0.5) is 0 Å². The third kappa shape index (κ3) is 2.78. The van der Waals surface area contributed by atoms with E-state index in [0.29, 0.717) is 18.1 Å². The summed E-state index contributed by atoms with van der Waals surface area (Å²) in [5.41, 5.74) is 1.15. The van der Waals surface area contributed by atoms with Crippen LogP contribution >= 0.6 is 0 Å². The normalized spacial score (nSPS) is 48.5. The molecule has 0 aromatic heterocycles. The lowest BCUT2D eigenvalue weighted by Crippen LogP contribution is -2.53. The zero-order chi connectivity index (χ0) is 19.5. The number of ether oxygens (including phenoxy) is 2. The number of ketones is 2. The minimum absolute atomic E-state index is 0.0538. The summed E-state index contributed by atoms with van der Waals surface area (Å²) < 4.78 is 12.1. The summed E-state index contributed by atoms with van der Waals surface area (Å²) >= 11 is 0. The molecule has 0 aromatic carbocycles. The summed E-state index contributed by atoms with van der Waals surface area (Å²) in [6, 6.07) is 0. The summed E-state index contributed by atoms with van der Waals surface area (Å²) in [7, 11) is 0. The van der Waals surface area contributed by atoms with Crippen LogP contribution in [0.5, 0.6) is 0 Å². The van der Waals surface area contributed by atoms with Gasteiger partial charge in [-0.3, -0.25) is 9.59 Å². The average molecular weight is 387 g/mol. The van der Waals surface area contributed by atoms with E-state index in [2.05, 4.69) is 13.8 Å². The minimum Gasteiger partial charge on any atom is -0.353 e. The molecular formula is C24H34O4. The second-order valence-electron chi connectivity index (χ2n) is 10.4. The minimum atomic E-state index is -0.253. The molecule has 154 valence electrons. The topological polar surface area (TPSA) is 52.6 Å². The van der Waals surface area contributed by atoms with Gasteiger partial charge in [-0.1, -0.05) is 19.4 Å². The smallest absolute Gasteiger partial charge is 0.159 e. The number of rotatable bonds is 2. The van der Waals surface area contributed by atoms with Gasteiger partial charge in [0.2, 0.25) is 0 Å². The van der Waals surface area contributed by atoms with Crippen LogP contribution in [0.15, 0.2) is 11.6 Å². The lowest BCUT2D eigenvalue weighted by molar-refractivity contribution is -0.195. The van der Waals surface area contributed by atoms with E-state index in [4.69, 9.17) is 9.47 Å². The molecule has 0 bridgehead atoms. The van der Waals surface area contributed by atoms with E-state index in [0.717, 1.165) is 58.0 Å². The van der Waals surface area contributed by atoms with Gasteiger partial charge >= 0.3 is 0 Å². The fourth-order valence-electron chi connectivity index (χ4n) is 7.29. The molecule has 28 heavy (non-hydrogen) atoms. The fraction of sp³-hybridized carbons (Fsp3) is 0.833. The first kappa shape index (κ1) is 19.0. The molecule has 4 fully saturated rings. The van der Waals surface area contributed by atoms with Gasteiger partial charge in [-0.05, 0) is 81.1 Å². The van der Waals surface area contributed by atoms with Crippen molar-refractivity contribution in [1.29, 1.82) is 0 Å². The van der Waals surface area contributed by atoms with E-state index >= 15 is 0 Å². The third-order valence-corrected chi connectivity index (χ3v) is 9.09. The molecule has 4 aliphatic carbocycles. The Bertz CT molecular complexity index is 705. The average Bonchev–Trinajstić information content (AvgIpc) is 2.99. The number of fused-ring (bicyclic) bond motifs is 5. The van der Waals surface area contributed by atoms with Crippen molar-refractivity contribution in [2.45, 2.75) is 90.4 Å². The van der Waals surface area contributed by atoms with Crippen molar-refractivity contribution in [3.8, 4) is 0 Å². The van der Waals surface area contributed by atoms with E-state index in [-0.39, 0.29) is 40.8 Å². The standard InChI is InChI=1S/C24H34O4/c1-23-10-8-16(28-21-5-3-4-12-27-21)13-15(23)14-19(25)22-17-6-7-20(26)24(17,2)11-9-18(22)23/h14,16-18,21-22H,3-13H2,1-2H3/t16-,17-,18-,21?,22-,23-,24-/m0/s1. The van der Waals surface area contributed by atoms with Gasteiger partial charge in [0.25, 0.3) is 0 Å². The van der Waals surface area contributed by atoms with Gasteiger partial charge in [0.05, 0.1) is 6.10 Å². The quantitative estimate of drug-likeness (QED) is 0.695. The van der Waals surface area contributed by atoms with Gasteiger partial charge in [0.1, 0.15) is 5.78 Å². The van der Waals surface area contributed by atoms with Crippen molar-refractivity contribution in [3.05, 3.63) is 11.6 Å². The Morgan fingerprint density at radius 2 is 1.79 bits per heavy atom. The first-order valence-corrected chi connectivity index (χ1v) is 11.5. The molecule has 4 heteroatoms. The van der Waals surface area contributed by atoms with Gasteiger partial charge in [0.15, 0.2) is 12.1 Å². The Morgan fingerprint density at radius 3 is 2.57 bits per heavy atom. The number of carbonyl (C=O) groups excluding carboxylic acids is 2. The highest BCUT2D eigenvalue weighted by atomic mass is 16.7. The molecule has 3 saturated carbocycles. The van der Waals surface area contributed by atoms with E-state index in [1.165, 1.54) is 12.0 Å². The number of carbonyl (C=O) groups is 2. The zero-order valence-electron chi connectivity index (χ0n) is 17.4. The Balaban J connectivity index is 1.37. The molecule has 7 atom stereocenters. The van der Waals surface area contributed by atoms with Crippen LogP contribution in [0.1, 0.15) is 78.1 Å². The highest BCUT2D eigenvalue weighted by Crippen LogP contribution is 2.63. The summed E-state index contributed by atoms with van der Waals surface area (Å²) in [5, 5.41) is 0. The van der Waals surface area contributed by atoms with Crippen molar-refractivity contribution < 1.29 is 19.1 Å². The Kier molecular flexibility index (Phi) is 4.59. The second kappa shape index (κ2) is 6.77. The van der Waals surface area contributed by atoms with Crippen molar-refractivity contribution in [1.82, 2.24) is 0 Å². The maximum atomic E-state index is 13.3. The maximum Gasteiger partial charge on any atom is 0.159 e. The summed E-state index contributed by atoms with van der Waals surface area (Å²) in [6.07, 6.45) is 11.9. The number of allylic oxidation sites excluding steroid dienone is 1. The first-order chi connectivity index (χ1) is 13.4. The van der Waals surface area contributed by atoms with Crippen molar-refractivity contribution in [2.24, 2.45) is 28.6 Å². The highest BCUT2D eigenvalue weighted by Gasteiger charge is 2.61. The second-order valence-corrected chi connectivity index (χ2v) is 10.4. The molecule has 0 aromatic rings. The third-order valence-electron chi connectivity index (χ3n) is 9.09. The predicted molar refractivity (Wildman–Crippen MR) is 106 cm³/mol. The van der Waals surface area contributed by atoms with E-state index in [9.17, 15) is 9.59 Å². The molecule has 5 rings (SSSR count). The van der Waals surface area contributed by atoms with E-state index in [1.54, 1.807) is 0 Å². The number of hydrogen-bond acceptors (Lipinski definition) is 4. The summed E-state index contributed by atoms with van der Waals surface area (Å²) in [5.74, 6) is 1.39. The summed E-state index contributed by atoms with van der Waals surface area (Å²) in [4.78, 5) is 25.8. The molecule has 0 N–H and O–H groups in total. The molecule has 4 nitrogen and oxygen atoms in total. The monoisotopic (exact) mass is 386 g/mol. The van der Waals surface area contributed by atoms with Gasteiger partial charge in [-0.25, -0.2) is 0 Å². The SMILES string of the molecule is C[C@]12CC[C@H](OC3CCCCO3)CC1=CC(=O)[C@@H]1[C@@H]2CC[C@]2(C)C(=O)CC[C@@H]12. The Labute approximate surface area is 168 Å². The number of hydrogen-bond donors (Lipinski definition) is 0. The molecule has 0 amide bonds. The molecule has 1 unspecified atom stereocenters. The van der Waals surface area contributed by atoms with Crippen LogP contribution in [-0.2, 0) is 19.1 Å². The Hall–Kier alpha value is -1.00. The van der Waals surface area contributed by atoms with Crippen molar-refractivity contribution in [3.63, 3.8) is 0 Å². The van der Waals surface area contributed by atoms with Crippen LogP contribution in [0.25, 0.3) is 0 Å².